The van der Waals surface area contributed by atoms with E-state index < -0.39 is 22.5 Å². The quantitative estimate of drug-likeness (QED) is 0.740. The van der Waals surface area contributed by atoms with Crippen molar-refractivity contribution in [1.29, 1.82) is 0 Å². The number of primary sulfonamides is 1. The van der Waals surface area contributed by atoms with Crippen molar-refractivity contribution < 1.29 is 17.9 Å². The van der Waals surface area contributed by atoms with Gasteiger partial charge in [-0.05, 0) is 12.1 Å². The van der Waals surface area contributed by atoms with Gasteiger partial charge in [-0.25, -0.2) is 13.6 Å². The van der Waals surface area contributed by atoms with Crippen LogP contribution in [0.4, 0.5) is 0 Å². The summed E-state index contributed by atoms with van der Waals surface area (Å²) in [5.41, 5.74) is 0. The molecule has 20 heavy (non-hydrogen) atoms. The number of carbonyl (C=O) groups excluding carboxylic acids is 1. The first-order valence-electron chi connectivity index (χ1n) is 5.10. The number of ether oxygens (including phenoxy) is 1. The maximum Gasteiger partial charge on any atom is 0.258 e. The van der Waals surface area contributed by atoms with E-state index in [9.17, 15) is 13.2 Å². The molecule has 1 rings (SSSR count). The monoisotopic (exact) mass is 380 g/mol. The predicted molar refractivity (Wildman–Crippen MR) is 77.9 cm³/mol. The van der Waals surface area contributed by atoms with Crippen molar-refractivity contribution in [3.8, 4) is 18.1 Å². The topological polar surface area (TPSA) is 98.5 Å². The van der Waals surface area contributed by atoms with Gasteiger partial charge in [-0.15, -0.1) is 6.42 Å². The van der Waals surface area contributed by atoms with Crippen LogP contribution in [0.3, 0.4) is 0 Å². The molecule has 0 atom stereocenters. The number of carbonyl (C=O) groups is 1. The minimum Gasteiger partial charge on any atom is -0.481 e. The lowest BCUT2D eigenvalue weighted by Gasteiger charge is -2.12. The smallest absolute Gasteiger partial charge is 0.258 e. The van der Waals surface area contributed by atoms with Gasteiger partial charge in [-0.3, -0.25) is 4.79 Å². The van der Waals surface area contributed by atoms with E-state index in [-0.39, 0.29) is 22.2 Å². The zero-order chi connectivity index (χ0) is 15.3. The molecule has 1 amide bonds. The fourth-order valence-corrected chi connectivity index (χ4v) is 3.02. The van der Waals surface area contributed by atoms with E-state index >= 15 is 0 Å². The maximum absolute atomic E-state index is 11.5. The number of benzene rings is 1. The molecular weight excluding hydrogens is 372 g/mol. The average Bonchev–Trinajstić information content (AvgIpc) is 2.33. The average molecular weight is 382 g/mol. The van der Waals surface area contributed by atoms with Crippen molar-refractivity contribution in [2.75, 3.05) is 13.2 Å². The Morgan fingerprint density at radius 3 is 2.75 bits per heavy atom. The summed E-state index contributed by atoms with van der Waals surface area (Å²) in [6.07, 6.45) is 4.98. The van der Waals surface area contributed by atoms with E-state index in [1.807, 2.05) is 0 Å². The Labute approximate surface area is 129 Å². The third-order valence-corrected chi connectivity index (χ3v) is 3.67. The van der Waals surface area contributed by atoms with Crippen LogP contribution in [0.1, 0.15) is 0 Å². The Hall–Kier alpha value is -1.27. The standard InChI is InChI=1S/C11H10BrClN2O4S/c1-2-3-15-10(16)6-19-11-8(13)4-7(12)5-9(11)20(14,17)18/h1,4-5H,3,6H2,(H,15,16)(H2,14,17,18). The number of rotatable bonds is 5. The number of amides is 1. The first-order chi connectivity index (χ1) is 9.25. The molecule has 0 unspecified atom stereocenters. The molecule has 0 aliphatic heterocycles. The van der Waals surface area contributed by atoms with Crippen LogP contribution in [0.25, 0.3) is 0 Å². The lowest BCUT2D eigenvalue weighted by atomic mass is 10.3. The molecule has 0 bridgehead atoms. The number of nitrogens with one attached hydrogen (secondary N) is 1. The second-order valence-corrected chi connectivity index (χ2v) is 6.38. The molecule has 0 aromatic heterocycles. The Bertz CT molecular complexity index is 670. The van der Waals surface area contributed by atoms with Crippen molar-refractivity contribution >= 4 is 43.5 Å². The van der Waals surface area contributed by atoms with E-state index in [1.165, 1.54) is 12.1 Å². The van der Waals surface area contributed by atoms with Crippen LogP contribution in [0, 0.1) is 12.3 Å². The fourth-order valence-electron chi connectivity index (χ4n) is 1.23. The molecule has 0 fully saturated rings. The van der Waals surface area contributed by atoms with Gasteiger partial charge < -0.3 is 10.1 Å². The molecule has 9 heteroatoms. The number of nitrogens with two attached hydrogens (primary N) is 1. The normalized spacial score (nSPS) is 10.7. The number of hydrogen-bond acceptors (Lipinski definition) is 4. The number of sulfonamides is 1. The molecule has 0 spiro atoms. The van der Waals surface area contributed by atoms with Crippen LogP contribution in [-0.4, -0.2) is 27.5 Å². The molecule has 1 aromatic carbocycles. The Kier molecular flexibility index (Phi) is 5.83. The lowest BCUT2D eigenvalue weighted by molar-refractivity contribution is -0.122. The predicted octanol–water partition coefficient (Wildman–Crippen LogP) is 0.878. The summed E-state index contributed by atoms with van der Waals surface area (Å²) in [7, 11) is -4.05. The van der Waals surface area contributed by atoms with Crippen molar-refractivity contribution in [2.24, 2.45) is 5.14 Å². The third kappa shape index (κ3) is 4.68. The van der Waals surface area contributed by atoms with Gasteiger partial charge in [0.1, 0.15) is 4.90 Å². The Balaban J connectivity index is 3.01. The Morgan fingerprint density at radius 1 is 1.55 bits per heavy atom. The molecule has 3 N–H and O–H groups in total. The van der Waals surface area contributed by atoms with E-state index in [2.05, 4.69) is 27.2 Å². The van der Waals surface area contributed by atoms with Gasteiger partial charge >= 0.3 is 0 Å². The van der Waals surface area contributed by atoms with Gasteiger partial charge in [-0.2, -0.15) is 0 Å². The van der Waals surface area contributed by atoms with E-state index in [0.717, 1.165) is 0 Å². The van der Waals surface area contributed by atoms with Gasteiger partial charge in [0, 0.05) is 4.47 Å². The van der Waals surface area contributed by atoms with Gasteiger partial charge in [0.25, 0.3) is 5.91 Å². The third-order valence-electron chi connectivity index (χ3n) is 2.02. The van der Waals surface area contributed by atoms with E-state index in [4.69, 9.17) is 27.9 Å². The highest BCUT2D eigenvalue weighted by Gasteiger charge is 2.20. The summed E-state index contributed by atoms with van der Waals surface area (Å²) in [6, 6.07) is 2.65. The van der Waals surface area contributed by atoms with Crippen LogP contribution in [0.15, 0.2) is 21.5 Å². The maximum atomic E-state index is 11.5. The Morgan fingerprint density at radius 2 is 2.20 bits per heavy atom. The number of terminal acetylenes is 1. The zero-order valence-corrected chi connectivity index (χ0v) is 13.2. The first-order valence-corrected chi connectivity index (χ1v) is 7.82. The summed E-state index contributed by atoms with van der Waals surface area (Å²) < 4.78 is 28.5. The summed E-state index contributed by atoms with van der Waals surface area (Å²) in [5, 5.41) is 7.43. The largest absolute Gasteiger partial charge is 0.481 e. The molecule has 0 saturated carbocycles. The molecule has 6 nitrogen and oxygen atoms in total. The van der Waals surface area contributed by atoms with E-state index in [0.29, 0.717) is 4.47 Å². The van der Waals surface area contributed by atoms with Gasteiger partial charge in [0.15, 0.2) is 12.4 Å². The molecule has 0 saturated heterocycles. The fraction of sp³-hybridized carbons (Fsp3) is 0.182. The van der Waals surface area contributed by atoms with Crippen LogP contribution in [-0.2, 0) is 14.8 Å². The van der Waals surface area contributed by atoms with Gasteiger partial charge in [-0.1, -0.05) is 33.5 Å². The zero-order valence-electron chi connectivity index (χ0n) is 10.0. The molecule has 0 radical (unpaired) electrons. The van der Waals surface area contributed by atoms with Gasteiger partial charge in [0.05, 0.1) is 11.6 Å². The van der Waals surface area contributed by atoms with Crippen LogP contribution in [0.5, 0.6) is 5.75 Å². The molecule has 108 valence electrons. The highest BCUT2D eigenvalue weighted by atomic mass is 79.9. The van der Waals surface area contributed by atoms with Crippen LogP contribution < -0.4 is 15.2 Å². The lowest BCUT2D eigenvalue weighted by Crippen LogP contribution is -2.29. The van der Waals surface area contributed by atoms with Gasteiger partial charge in [0.2, 0.25) is 10.0 Å². The molecule has 0 heterocycles. The second-order valence-electron chi connectivity index (χ2n) is 3.53. The van der Waals surface area contributed by atoms with Crippen molar-refractivity contribution in [2.45, 2.75) is 4.90 Å². The number of halogens is 2. The van der Waals surface area contributed by atoms with Crippen LogP contribution >= 0.6 is 27.5 Å². The highest BCUT2D eigenvalue weighted by Crippen LogP contribution is 2.34. The van der Waals surface area contributed by atoms with Crippen molar-refractivity contribution in [1.82, 2.24) is 5.32 Å². The highest BCUT2D eigenvalue weighted by molar-refractivity contribution is 9.10. The minimum atomic E-state index is -4.05. The summed E-state index contributed by atoms with van der Waals surface area (Å²) in [4.78, 5) is 11.0. The molecule has 0 aliphatic rings. The minimum absolute atomic E-state index is 0.00755. The SMILES string of the molecule is C#CCNC(=O)COc1c(Cl)cc(Br)cc1S(N)(=O)=O. The van der Waals surface area contributed by atoms with E-state index in [1.54, 1.807) is 0 Å². The molecule has 0 aliphatic carbocycles. The summed E-state index contributed by atoms with van der Waals surface area (Å²) >= 11 is 8.98. The summed E-state index contributed by atoms with van der Waals surface area (Å²) in [6.45, 7) is -0.399. The number of hydrogen-bond donors (Lipinski definition) is 2. The van der Waals surface area contributed by atoms with Crippen molar-refractivity contribution in [3.63, 3.8) is 0 Å². The first kappa shape index (κ1) is 16.8. The molecular formula is C11H10BrClN2O4S. The molecule has 1 aromatic rings. The van der Waals surface area contributed by atoms with Crippen molar-refractivity contribution in [3.05, 3.63) is 21.6 Å². The van der Waals surface area contributed by atoms with Crippen LogP contribution in [0.2, 0.25) is 5.02 Å². The summed E-state index contributed by atoms with van der Waals surface area (Å²) in [5.74, 6) is 1.52. The second kappa shape index (κ2) is 6.95.